The van der Waals surface area contributed by atoms with Crippen molar-refractivity contribution >= 4 is 17.6 Å². The molecule has 19 heavy (non-hydrogen) atoms. The van der Waals surface area contributed by atoms with E-state index in [0.29, 0.717) is 10.6 Å². The molecular weight excluding hydrogens is 264 g/mol. The van der Waals surface area contributed by atoms with E-state index < -0.39 is 5.97 Å². The van der Waals surface area contributed by atoms with Gasteiger partial charge in [-0.1, -0.05) is 35.9 Å². The van der Waals surface area contributed by atoms with E-state index in [1.54, 1.807) is 19.2 Å². The molecule has 0 bridgehead atoms. The monoisotopic (exact) mass is 276 g/mol. The van der Waals surface area contributed by atoms with E-state index in [0.717, 1.165) is 16.9 Å². The number of halogens is 1. The molecule has 0 saturated carbocycles. The third kappa shape index (κ3) is 3.26. The van der Waals surface area contributed by atoms with E-state index in [4.69, 9.17) is 21.4 Å². The number of hydrogen-bond donors (Lipinski definition) is 1. The largest absolute Gasteiger partial charge is 0.497 e. The lowest BCUT2D eigenvalue weighted by atomic mass is 10.0. The summed E-state index contributed by atoms with van der Waals surface area (Å²) < 4.78 is 5.10. The lowest BCUT2D eigenvalue weighted by Crippen LogP contribution is -1.99. The molecule has 0 radical (unpaired) electrons. The molecule has 2 aromatic carbocycles. The second-order valence-corrected chi connectivity index (χ2v) is 4.52. The summed E-state index contributed by atoms with van der Waals surface area (Å²) in [7, 11) is 1.61. The second kappa shape index (κ2) is 5.76. The highest BCUT2D eigenvalue weighted by atomic mass is 35.5. The SMILES string of the molecule is COc1ccc(-c2ccc(CC(=O)O)cc2Cl)cc1. The van der Waals surface area contributed by atoms with Crippen molar-refractivity contribution in [2.45, 2.75) is 6.42 Å². The number of hydrogen-bond acceptors (Lipinski definition) is 2. The first-order valence-electron chi connectivity index (χ1n) is 5.75. The lowest BCUT2D eigenvalue weighted by molar-refractivity contribution is -0.136. The van der Waals surface area contributed by atoms with Gasteiger partial charge in [-0.15, -0.1) is 0 Å². The fraction of sp³-hybridized carbons (Fsp3) is 0.133. The smallest absolute Gasteiger partial charge is 0.307 e. The molecule has 0 heterocycles. The average Bonchev–Trinajstić information content (AvgIpc) is 2.38. The summed E-state index contributed by atoms with van der Waals surface area (Å²) in [6.45, 7) is 0. The van der Waals surface area contributed by atoms with Gasteiger partial charge in [0.05, 0.1) is 13.5 Å². The molecule has 0 aromatic heterocycles. The first-order chi connectivity index (χ1) is 9.10. The van der Waals surface area contributed by atoms with Crippen LogP contribution in [0.15, 0.2) is 42.5 Å². The summed E-state index contributed by atoms with van der Waals surface area (Å²) in [6, 6.07) is 12.8. The predicted molar refractivity (Wildman–Crippen MR) is 74.8 cm³/mol. The number of rotatable bonds is 4. The zero-order valence-corrected chi connectivity index (χ0v) is 11.1. The summed E-state index contributed by atoms with van der Waals surface area (Å²) in [4.78, 5) is 10.6. The van der Waals surface area contributed by atoms with Crippen LogP contribution in [0, 0.1) is 0 Å². The fourth-order valence-corrected chi connectivity index (χ4v) is 2.16. The van der Waals surface area contributed by atoms with E-state index in [9.17, 15) is 4.79 Å². The van der Waals surface area contributed by atoms with Crippen LogP contribution in [0.5, 0.6) is 5.75 Å². The van der Waals surface area contributed by atoms with E-state index in [1.165, 1.54) is 0 Å². The van der Waals surface area contributed by atoms with Crippen LogP contribution in [0.2, 0.25) is 5.02 Å². The van der Waals surface area contributed by atoms with Gasteiger partial charge in [-0.25, -0.2) is 0 Å². The minimum atomic E-state index is -0.867. The molecule has 4 heteroatoms. The van der Waals surface area contributed by atoms with Gasteiger partial charge in [0.25, 0.3) is 0 Å². The zero-order chi connectivity index (χ0) is 13.8. The highest BCUT2D eigenvalue weighted by Crippen LogP contribution is 2.30. The molecule has 0 unspecified atom stereocenters. The van der Waals surface area contributed by atoms with Crippen molar-refractivity contribution in [3.63, 3.8) is 0 Å². The standard InChI is InChI=1S/C15H13ClO3/c1-19-12-5-3-11(4-6-12)13-7-2-10(8-14(13)16)9-15(17)18/h2-8H,9H2,1H3,(H,17,18). The Morgan fingerprint density at radius 2 is 1.89 bits per heavy atom. The molecule has 0 fully saturated rings. The Labute approximate surface area is 116 Å². The third-order valence-electron chi connectivity index (χ3n) is 2.79. The van der Waals surface area contributed by atoms with Crippen LogP contribution >= 0.6 is 11.6 Å². The highest BCUT2D eigenvalue weighted by molar-refractivity contribution is 6.33. The van der Waals surface area contributed by atoms with Crippen molar-refractivity contribution in [3.8, 4) is 16.9 Å². The van der Waals surface area contributed by atoms with Crippen LogP contribution in [0.4, 0.5) is 0 Å². The maximum Gasteiger partial charge on any atom is 0.307 e. The Balaban J connectivity index is 2.31. The quantitative estimate of drug-likeness (QED) is 0.927. The van der Waals surface area contributed by atoms with Crippen molar-refractivity contribution in [1.29, 1.82) is 0 Å². The Bertz CT molecular complexity index is 591. The molecule has 2 aromatic rings. The number of carboxylic acids is 1. The molecule has 0 atom stereocenters. The van der Waals surface area contributed by atoms with Gasteiger partial charge >= 0.3 is 5.97 Å². The summed E-state index contributed by atoms with van der Waals surface area (Å²) in [6.07, 6.45) is -0.0252. The predicted octanol–water partition coefficient (Wildman–Crippen LogP) is 3.64. The molecule has 0 aliphatic heterocycles. The van der Waals surface area contributed by atoms with Crippen molar-refractivity contribution in [1.82, 2.24) is 0 Å². The van der Waals surface area contributed by atoms with Crippen LogP contribution in [0.25, 0.3) is 11.1 Å². The van der Waals surface area contributed by atoms with Crippen LogP contribution in [-0.2, 0) is 11.2 Å². The van der Waals surface area contributed by atoms with Crippen LogP contribution in [0.1, 0.15) is 5.56 Å². The number of carboxylic acid groups (broad SMARTS) is 1. The first-order valence-corrected chi connectivity index (χ1v) is 6.12. The number of carbonyl (C=O) groups is 1. The molecule has 0 amide bonds. The first kappa shape index (κ1) is 13.4. The molecular formula is C15H13ClO3. The Morgan fingerprint density at radius 1 is 1.21 bits per heavy atom. The van der Waals surface area contributed by atoms with Crippen LogP contribution in [-0.4, -0.2) is 18.2 Å². The Hall–Kier alpha value is -2.00. The number of ether oxygens (including phenoxy) is 1. The van der Waals surface area contributed by atoms with Gasteiger partial charge in [-0.3, -0.25) is 4.79 Å². The fourth-order valence-electron chi connectivity index (χ4n) is 1.85. The maximum absolute atomic E-state index is 10.6. The number of methoxy groups -OCH3 is 1. The highest BCUT2D eigenvalue weighted by Gasteiger charge is 2.07. The van der Waals surface area contributed by atoms with Crippen LogP contribution in [0.3, 0.4) is 0 Å². The topological polar surface area (TPSA) is 46.5 Å². The van der Waals surface area contributed by atoms with Gasteiger partial charge in [0.1, 0.15) is 5.75 Å². The molecule has 1 N–H and O–H groups in total. The van der Waals surface area contributed by atoms with Crippen molar-refractivity contribution in [2.75, 3.05) is 7.11 Å². The van der Waals surface area contributed by atoms with Gasteiger partial charge in [-0.05, 0) is 29.3 Å². The minimum Gasteiger partial charge on any atom is -0.497 e. The molecule has 98 valence electrons. The van der Waals surface area contributed by atoms with Gasteiger partial charge in [0.2, 0.25) is 0 Å². The molecule has 0 aliphatic rings. The van der Waals surface area contributed by atoms with E-state index >= 15 is 0 Å². The average molecular weight is 277 g/mol. The third-order valence-corrected chi connectivity index (χ3v) is 3.10. The summed E-state index contributed by atoms with van der Waals surface area (Å²) in [5, 5.41) is 9.29. The molecule has 0 saturated heterocycles. The van der Waals surface area contributed by atoms with Gasteiger partial charge in [-0.2, -0.15) is 0 Å². The van der Waals surface area contributed by atoms with Crippen molar-refractivity contribution < 1.29 is 14.6 Å². The maximum atomic E-state index is 10.6. The van der Waals surface area contributed by atoms with Crippen LogP contribution < -0.4 is 4.74 Å². The van der Waals surface area contributed by atoms with Crippen molar-refractivity contribution in [3.05, 3.63) is 53.1 Å². The Morgan fingerprint density at radius 3 is 2.42 bits per heavy atom. The zero-order valence-electron chi connectivity index (χ0n) is 10.4. The molecule has 0 aliphatic carbocycles. The van der Waals surface area contributed by atoms with Gasteiger partial charge in [0, 0.05) is 10.6 Å². The van der Waals surface area contributed by atoms with E-state index in [2.05, 4.69) is 0 Å². The minimum absolute atomic E-state index is 0.0252. The second-order valence-electron chi connectivity index (χ2n) is 4.11. The number of aliphatic carboxylic acids is 1. The number of benzene rings is 2. The molecule has 0 spiro atoms. The summed E-state index contributed by atoms with van der Waals surface area (Å²) in [5.74, 6) is -0.0874. The molecule has 2 rings (SSSR count). The van der Waals surface area contributed by atoms with Crippen molar-refractivity contribution in [2.24, 2.45) is 0 Å². The van der Waals surface area contributed by atoms with E-state index in [1.807, 2.05) is 30.3 Å². The normalized spacial score (nSPS) is 10.2. The van der Waals surface area contributed by atoms with Gasteiger partial charge in [0.15, 0.2) is 0 Å². The summed E-state index contributed by atoms with van der Waals surface area (Å²) in [5.41, 5.74) is 2.53. The Kier molecular flexibility index (Phi) is 4.07. The molecule has 3 nitrogen and oxygen atoms in total. The van der Waals surface area contributed by atoms with E-state index in [-0.39, 0.29) is 6.42 Å². The lowest BCUT2D eigenvalue weighted by Gasteiger charge is -2.07. The summed E-state index contributed by atoms with van der Waals surface area (Å²) >= 11 is 6.20. The van der Waals surface area contributed by atoms with Gasteiger partial charge < -0.3 is 9.84 Å².